The van der Waals surface area contributed by atoms with Crippen LogP contribution in [0.5, 0.6) is 0 Å². The van der Waals surface area contributed by atoms with Gasteiger partial charge in [0.15, 0.2) is 0 Å². The predicted molar refractivity (Wildman–Crippen MR) is 98.3 cm³/mol. The molecule has 0 N–H and O–H groups in total. The molecule has 0 saturated heterocycles. The Morgan fingerprint density at radius 2 is 1.33 bits per heavy atom. The molecule has 126 valence electrons. The van der Waals surface area contributed by atoms with E-state index in [9.17, 15) is 4.79 Å². The third-order valence-electron chi connectivity index (χ3n) is 4.44. The van der Waals surface area contributed by atoms with Gasteiger partial charge in [-0.2, -0.15) is 0 Å². The van der Waals surface area contributed by atoms with Gasteiger partial charge >= 0.3 is 132 Å². The average molecular weight is 316 g/mol. The van der Waals surface area contributed by atoms with Gasteiger partial charge in [-0.05, 0) is 0 Å². The first-order chi connectivity index (χ1) is 10.1. The van der Waals surface area contributed by atoms with Crippen LogP contribution in [0.2, 0.25) is 0 Å². The van der Waals surface area contributed by atoms with Gasteiger partial charge in [-0.15, -0.1) is 0 Å². The molecule has 0 aliphatic heterocycles. The van der Waals surface area contributed by atoms with E-state index in [2.05, 4.69) is 27.4 Å². The zero-order chi connectivity index (χ0) is 16.0. The average Bonchev–Trinajstić information content (AvgIpc) is 2.52. The number of hydrogen-bond donors (Lipinski definition) is 0. The number of hydrogen-bond acceptors (Lipinski definition) is 2. The van der Waals surface area contributed by atoms with Crippen molar-refractivity contribution in [3.63, 3.8) is 0 Å². The van der Waals surface area contributed by atoms with Crippen molar-refractivity contribution in [1.29, 1.82) is 0 Å². The summed E-state index contributed by atoms with van der Waals surface area (Å²) in [6, 6.07) is 0. The molecule has 0 aromatic heterocycles. The molecule has 0 spiro atoms. The standard InChI is InChI=1S/C18H37O2P/c1-5-9-14-21(15-10-6-2,16-11-7-3)17-12-13-20-18(19)8-4/h8,21H,4-7,9-17H2,1-3H3. The van der Waals surface area contributed by atoms with Crippen LogP contribution in [0.15, 0.2) is 12.7 Å². The first kappa shape index (κ1) is 20.6. The maximum atomic E-state index is 11.1. The van der Waals surface area contributed by atoms with E-state index in [4.69, 9.17) is 4.74 Å². The van der Waals surface area contributed by atoms with Crippen LogP contribution >= 0.6 is 7.26 Å². The molecule has 0 aliphatic carbocycles. The van der Waals surface area contributed by atoms with Crippen LogP contribution in [0.25, 0.3) is 0 Å². The number of rotatable bonds is 14. The van der Waals surface area contributed by atoms with Gasteiger partial charge in [0, 0.05) is 0 Å². The Labute approximate surface area is 133 Å². The van der Waals surface area contributed by atoms with Crippen LogP contribution in [0.1, 0.15) is 65.7 Å². The Bertz CT molecular complexity index is 255. The molecule has 0 atom stereocenters. The second-order valence-corrected chi connectivity index (χ2v) is 11.3. The molecule has 0 unspecified atom stereocenters. The number of ether oxygens (including phenoxy) is 1. The van der Waals surface area contributed by atoms with Gasteiger partial charge in [0.05, 0.1) is 0 Å². The van der Waals surface area contributed by atoms with Crippen LogP contribution in [0.4, 0.5) is 0 Å². The molecule has 0 bridgehead atoms. The van der Waals surface area contributed by atoms with E-state index >= 15 is 0 Å². The topological polar surface area (TPSA) is 26.3 Å². The fourth-order valence-corrected chi connectivity index (χ4v) is 8.79. The van der Waals surface area contributed by atoms with E-state index in [0.29, 0.717) is 6.61 Å². The molecule has 21 heavy (non-hydrogen) atoms. The normalized spacial score (nSPS) is 12.1. The van der Waals surface area contributed by atoms with Crippen molar-refractivity contribution in [2.24, 2.45) is 0 Å². The maximum absolute atomic E-state index is 11.1. The van der Waals surface area contributed by atoms with Gasteiger partial charge in [-0.3, -0.25) is 0 Å². The number of carbonyl (C=O) groups excluding carboxylic acids is 1. The second kappa shape index (κ2) is 13.3. The summed E-state index contributed by atoms with van der Waals surface area (Å²) in [5.41, 5.74) is 0. The fourth-order valence-electron chi connectivity index (χ4n) is 3.08. The quantitative estimate of drug-likeness (QED) is 0.189. The van der Waals surface area contributed by atoms with E-state index in [0.717, 1.165) is 6.42 Å². The van der Waals surface area contributed by atoms with Crippen LogP contribution < -0.4 is 0 Å². The van der Waals surface area contributed by atoms with Gasteiger partial charge in [0.2, 0.25) is 0 Å². The zero-order valence-corrected chi connectivity index (χ0v) is 15.6. The van der Waals surface area contributed by atoms with Crippen molar-refractivity contribution in [3.05, 3.63) is 12.7 Å². The molecule has 0 heterocycles. The van der Waals surface area contributed by atoms with Crippen LogP contribution in [0.3, 0.4) is 0 Å². The first-order valence-electron chi connectivity index (χ1n) is 8.93. The minimum absolute atomic E-state index is 0.280. The van der Waals surface area contributed by atoms with E-state index in [-0.39, 0.29) is 5.97 Å². The summed E-state index contributed by atoms with van der Waals surface area (Å²) < 4.78 is 5.17. The van der Waals surface area contributed by atoms with E-state index < -0.39 is 7.26 Å². The summed E-state index contributed by atoms with van der Waals surface area (Å²) in [6.45, 7) is 10.9. The van der Waals surface area contributed by atoms with E-state index in [1.165, 1.54) is 69.2 Å². The zero-order valence-electron chi connectivity index (χ0n) is 14.6. The van der Waals surface area contributed by atoms with Crippen molar-refractivity contribution in [2.45, 2.75) is 65.7 Å². The monoisotopic (exact) mass is 316 g/mol. The summed E-state index contributed by atoms with van der Waals surface area (Å²) in [5, 5.41) is 0. The molecule has 0 aromatic rings. The van der Waals surface area contributed by atoms with E-state index in [1.807, 2.05) is 0 Å². The minimum atomic E-state index is -1.16. The number of carbonyl (C=O) groups is 1. The molecule has 0 radical (unpaired) electrons. The molecule has 0 aliphatic rings. The summed E-state index contributed by atoms with van der Waals surface area (Å²) in [4.78, 5) is 11.1. The molecular formula is C18H37O2P. The SMILES string of the molecule is C=CC(=O)OCCC[PH](CCCC)(CCCC)CCCC. The Balaban J connectivity index is 4.47. The Morgan fingerprint density at radius 3 is 1.71 bits per heavy atom. The Morgan fingerprint density at radius 1 is 0.905 bits per heavy atom. The van der Waals surface area contributed by atoms with Crippen molar-refractivity contribution in [2.75, 3.05) is 31.3 Å². The predicted octanol–water partition coefficient (Wildman–Crippen LogP) is 5.26. The number of unbranched alkanes of at least 4 members (excludes halogenated alkanes) is 3. The van der Waals surface area contributed by atoms with Crippen molar-refractivity contribution in [1.82, 2.24) is 0 Å². The Hall–Kier alpha value is -0.360. The van der Waals surface area contributed by atoms with Crippen molar-refractivity contribution >= 4 is 13.2 Å². The van der Waals surface area contributed by atoms with Crippen LogP contribution in [-0.2, 0) is 9.53 Å². The molecule has 0 rings (SSSR count). The van der Waals surface area contributed by atoms with Crippen molar-refractivity contribution < 1.29 is 9.53 Å². The fraction of sp³-hybridized carbons (Fsp3) is 0.833. The van der Waals surface area contributed by atoms with Crippen LogP contribution in [0, 0.1) is 0 Å². The molecular weight excluding hydrogens is 279 g/mol. The summed E-state index contributed by atoms with van der Waals surface area (Å²) in [6.07, 6.45) is 16.1. The van der Waals surface area contributed by atoms with E-state index in [1.54, 1.807) is 0 Å². The molecule has 0 aromatic carbocycles. The van der Waals surface area contributed by atoms with Gasteiger partial charge in [0.25, 0.3) is 0 Å². The Kier molecular flexibility index (Phi) is 13.1. The van der Waals surface area contributed by atoms with Crippen LogP contribution in [-0.4, -0.2) is 37.2 Å². The van der Waals surface area contributed by atoms with Gasteiger partial charge in [-0.25, -0.2) is 0 Å². The second-order valence-electron chi connectivity index (χ2n) is 6.29. The van der Waals surface area contributed by atoms with Gasteiger partial charge in [0.1, 0.15) is 0 Å². The number of esters is 1. The molecule has 2 nitrogen and oxygen atoms in total. The summed E-state index contributed by atoms with van der Waals surface area (Å²) in [5.74, 6) is -0.280. The summed E-state index contributed by atoms with van der Waals surface area (Å²) in [7, 11) is -1.16. The van der Waals surface area contributed by atoms with Gasteiger partial charge < -0.3 is 0 Å². The van der Waals surface area contributed by atoms with Gasteiger partial charge in [-0.1, -0.05) is 0 Å². The molecule has 0 saturated carbocycles. The third-order valence-corrected chi connectivity index (χ3v) is 10.1. The molecule has 0 fully saturated rings. The van der Waals surface area contributed by atoms with Crippen molar-refractivity contribution in [3.8, 4) is 0 Å². The molecule has 0 amide bonds. The molecule has 3 heteroatoms. The first-order valence-corrected chi connectivity index (χ1v) is 11.8. The summed E-state index contributed by atoms with van der Waals surface area (Å²) >= 11 is 0. The third kappa shape index (κ3) is 10.1.